The van der Waals surface area contributed by atoms with Gasteiger partial charge in [-0.2, -0.15) is 4.37 Å². The fourth-order valence-corrected chi connectivity index (χ4v) is 4.39. The molecule has 2 aromatic carbocycles. The van der Waals surface area contributed by atoms with Crippen LogP contribution in [0.5, 0.6) is 0 Å². The van der Waals surface area contributed by atoms with E-state index in [0.717, 1.165) is 11.1 Å². The number of rotatable bonds is 9. The Kier molecular flexibility index (Phi) is 8.15. The number of primary amides is 1. The van der Waals surface area contributed by atoms with Gasteiger partial charge in [0.15, 0.2) is 5.69 Å². The molecule has 0 aliphatic carbocycles. The molecule has 0 aliphatic rings. The van der Waals surface area contributed by atoms with Gasteiger partial charge >= 0.3 is 0 Å². The van der Waals surface area contributed by atoms with Crippen molar-refractivity contribution in [1.29, 1.82) is 0 Å². The number of anilines is 2. The molecule has 5 N–H and O–H groups in total. The molecule has 0 saturated carbocycles. The van der Waals surface area contributed by atoms with Crippen LogP contribution in [0, 0.1) is 19.7 Å². The number of carbonyl (C=O) groups is 3. The number of nitrogen functional groups attached to an aromatic ring is 1. The highest BCUT2D eigenvalue weighted by Crippen LogP contribution is 2.34. The molecule has 0 spiro atoms. The number of nitrogens with two attached hydrogens (primary N) is 2. The Morgan fingerprint density at radius 3 is 2.31 bits per heavy atom. The molecule has 0 bridgehead atoms. The van der Waals surface area contributed by atoms with Gasteiger partial charge in [0.05, 0.1) is 12.3 Å². The minimum Gasteiger partial charge on any atom is -0.395 e. The molecule has 3 aromatic rings. The van der Waals surface area contributed by atoms with E-state index in [1.165, 1.54) is 36.3 Å². The van der Waals surface area contributed by atoms with Gasteiger partial charge in [0.25, 0.3) is 11.8 Å². The molecule has 1 atom stereocenters. The quantitative estimate of drug-likeness (QED) is 0.387. The average Bonchev–Trinajstić information content (AvgIpc) is 3.18. The predicted molar refractivity (Wildman–Crippen MR) is 132 cm³/mol. The van der Waals surface area contributed by atoms with Crippen molar-refractivity contribution in [3.63, 3.8) is 0 Å². The third-order valence-electron chi connectivity index (χ3n) is 5.16. The smallest absolute Gasteiger partial charge is 0.273 e. The zero-order chi connectivity index (χ0) is 25.7. The Bertz CT molecular complexity index is 1220. The molecule has 1 aromatic heterocycles. The first-order valence-electron chi connectivity index (χ1n) is 10.6. The van der Waals surface area contributed by atoms with Crippen LogP contribution < -0.4 is 21.7 Å². The van der Waals surface area contributed by atoms with Crippen LogP contribution in [-0.2, 0) is 9.53 Å². The van der Waals surface area contributed by atoms with Gasteiger partial charge in [-0.3, -0.25) is 19.3 Å². The van der Waals surface area contributed by atoms with Gasteiger partial charge in [0.1, 0.15) is 16.7 Å². The van der Waals surface area contributed by atoms with E-state index in [4.69, 9.17) is 16.2 Å². The minimum atomic E-state index is -1.19. The van der Waals surface area contributed by atoms with Crippen LogP contribution >= 0.6 is 11.5 Å². The van der Waals surface area contributed by atoms with Crippen molar-refractivity contribution in [1.82, 2.24) is 9.69 Å². The van der Waals surface area contributed by atoms with E-state index in [2.05, 4.69) is 9.69 Å². The summed E-state index contributed by atoms with van der Waals surface area (Å²) in [5.74, 6) is -2.54. The molecule has 1 unspecified atom stereocenters. The van der Waals surface area contributed by atoms with Gasteiger partial charge in [0, 0.05) is 19.3 Å². The normalized spacial score (nSPS) is 11.7. The van der Waals surface area contributed by atoms with Crippen molar-refractivity contribution in [2.45, 2.75) is 19.9 Å². The summed E-state index contributed by atoms with van der Waals surface area (Å²) in [6.07, 6.45) is 0. The van der Waals surface area contributed by atoms with Crippen molar-refractivity contribution in [3.8, 4) is 0 Å². The number of carbonyl (C=O) groups excluding carboxylic acids is 3. The number of ether oxygens (including phenoxy) is 1. The number of nitrogens with one attached hydrogen (secondary N) is 1. The number of hydrogen-bond donors (Lipinski definition) is 3. The molecule has 0 fully saturated rings. The highest BCUT2D eigenvalue weighted by atomic mass is 32.1. The maximum absolute atomic E-state index is 13.9. The summed E-state index contributed by atoms with van der Waals surface area (Å²) in [6.45, 7) is 4.16. The Hall–Kier alpha value is -3.83. The number of amides is 3. The summed E-state index contributed by atoms with van der Waals surface area (Å²) >= 11 is 0.713. The Morgan fingerprint density at radius 1 is 1.14 bits per heavy atom. The highest BCUT2D eigenvalue weighted by molar-refractivity contribution is 7.09. The molecule has 9 nitrogen and oxygen atoms in total. The van der Waals surface area contributed by atoms with Crippen LogP contribution in [0.1, 0.15) is 42.9 Å². The van der Waals surface area contributed by atoms with Gasteiger partial charge in [0.2, 0.25) is 5.91 Å². The number of benzene rings is 2. The zero-order valence-corrected chi connectivity index (χ0v) is 20.3. The monoisotopic (exact) mass is 499 g/mol. The zero-order valence-electron chi connectivity index (χ0n) is 19.5. The van der Waals surface area contributed by atoms with Gasteiger partial charge in [-0.1, -0.05) is 18.2 Å². The van der Waals surface area contributed by atoms with Crippen LogP contribution in [-0.4, -0.2) is 42.4 Å². The second kappa shape index (κ2) is 11.1. The second-order valence-corrected chi connectivity index (χ2v) is 8.67. The lowest BCUT2D eigenvalue weighted by Gasteiger charge is -2.31. The van der Waals surface area contributed by atoms with Gasteiger partial charge < -0.3 is 21.5 Å². The van der Waals surface area contributed by atoms with Crippen LogP contribution in [0.2, 0.25) is 0 Å². The van der Waals surface area contributed by atoms with Crippen LogP contribution in [0.15, 0.2) is 42.5 Å². The van der Waals surface area contributed by atoms with Gasteiger partial charge in [-0.15, -0.1) is 0 Å². The third-order valence-corrected chi connectivity index (χ3v) is 6.01. The van der Waals surface area contributed by atoms with E-state index in [1.54, 1.807) is 12.1 Å². The van der Waals surface area contributed by atoms with Crippen LogP contribution in [0.4, 0.5) is 15.8 Å². The SMILES string of the molecule is COCCNC(=O)C(c1ccc(F)cc1)N(C(=O)c1snc(C(N)=O)c1N)c1cc(C)cc(C)c1. The van der Waals surface area contributed by atoms with Gasteiger partial charge in [-0.05, 0) is 66.3 Å². The first-order chi connectivity index (χ1) is 16.6. The van der Waals surface area contributed by atoms with E-state index >= 15 is 0 Å². The molecule has 35 heavy (non-hydrogen) atoms. The molecule has 1 heterocycles. The third kappa shape index (κ3) is 5.81. The number of hydrogen-bond acceptors (Lipinski definition) is 7. The topological polar surface area (TPSA) is 141 Å². The van der Waals surface area contributed by atoms with Crippen molar-refractivity contribution in [2.75, 3.05) is 30.9 Å². The number of aromatic nitrogens is 1. The average molecular weight is 500 g/mol. The largest absolute Gasteiger partial charge is 0.395 e. The maximum atomic E-state index is 13.9. The molecule has 11 heteroatoms. The molecular weight excluding hydrogens is 473 g/mol. The second-order valence-electron chi connectivity index (χ2n) is 7.90. The van der Waals surface area contributed by atoms with E-state index in [1.807, 2.05) is 19.9 Å². The molecule has 0 radical (unpaired) electrons. The number of aryl methyl sites for hydroxylation is 2. The first kappa shape index (κ1) is 25.8. The summed E-state index contributed by atoms with van der Waals surface area (Å²) in [4.78, 5) is 40.3. The van der Waals surface area contributed by atoms with E-state index in [9.17, 15) is 18.8 Å². The van der Waals surface area contributed by atoms with E-state index < -0.39 is 29.6 Å². The van der Waals surface area contributed by atoms with Crippen molar-refractivity contribution in [3.05, 3.63) is 75.5 Å². The first-order valence-corrected chi connectivity index (χ1v) is 11.4. The highest BCUT2D eigenvalue weighted by Gasteiger charge is 2.36. The predicted octanol–water partition coefficient (Wildman–Crippen LogP) is 2.73. The minimum absolute atomic E-state index is 0.0465. The summed E-state index contributed by atoms with van der Waals surface area (Å²) < 4.78 is 22.7. The lowest BCUT2D eigenvalue weighted by molar-refractivity contribution is -0.122. The lowest BCUT2D eigenvalue weighted by atomic mass is 10.0. The molecule has 184 valence electrons. The van der Waals surface area contributed by atoms with Crippen LogP contribution in [0.25, 0.3) is 0 Å². The van der Waals surface area contributed by atoms with Gasteiger partial charge in [-0.25, -0.2) is 4.39 Å². The molecule has 3 amide bonds. The maximum Gasteiger partial charge on any atom is 0.273 e. The number of halogens is 1. The molecule has 0 saturated heterocycles. The van der Waals surface area contributed by atoms with Crippen molar-refractivity contribution in [2.24, 2.45) is 5.73 Å². The summed E-state index contributed by atoms with van der Waals surface area (Å²) in [5.41, 5.74) is 13.5. The molecular formula is C24H26FN5O4S. The number of nitrogens with zero attached hydrogens (tertiary/aromatic N) is 2. The molecule has 3 rings (SSSR count). The standard InChI is InChI=1S/C24H26FN5O4S/c1-13-10-14(2)12-17(11-13)30(24(33)21-18(26)19(22(27)31)29-35-21)20(23(32)28-8-9-34-3)15-4-6-16(25)7-5-15/h4-7,10-12,20H,8-9,26H2,1-3H3,(H2,27,31)(H,28,32). The number of methoxy groups -OCH3 is 1. The fraction of sp³-hybridized carbons (Fsp3) is 0.250. The summed E-state index contributed by atoms with van der Waals surface area (Å²) in [6, 6.07) is 9.51. The molecule has 0 aliphatic heterocycles. The van der Waals surface area contributed by atoms with E-state index in [0.29, 0.717) is 22.8 Å². The van der Waals surface area contributed by atoms with Crippen molar-refractivity contribution < 1.29 is 23.5 Å². The Labute approximate surface area is 206 Å². The Morgan fingerprint density at radius 2 is 1.77 bits per heavy atom. The van der Waals surface area contributed by atoms with Crippen LogP contribution in [0.3, 0.4) is 0 Å². The Balaban J connectivity index is 2.21. The lowest BCUT2D eigenvalue weighted by Crippen LogP contribution is -2.44. The summed E-state index contributed by atoms with van der Waals surface area (Å²) in [7, 11) is 1.50. The fourth-order valence-electron chi connectivity index (χ4n) is 3.65. The van der Waals surface area contributed by atoms with Crippen molar-refractivity contribution >= 4 is 40.6 Å². The van der Waals surface area contributed by atoms with E-state index in [-0.39, 0.29) is 29.4 Å². The summed E-state index contributed by atoms with van der Waals surface area (Å²) in [5, 5.41) is 2.75.